The highest BCUT2D eigenvalue weighted by atomic mass is 79.9. The minimum atomic E-state index is -4.89. The van der Waals surface area contributed by atoms with Gasteiger partial charge in [0.2, 0.25) is 0 Å². The summed E-state index contributed by atoms with van der Waals surface area (Å²) in [5.41, 5.74) is 0. The number of halogens is 4. The molecule has 0 fully saturated rings. The molecule has 7 heteroatoms. The van der Waals surface area contributed by atoms with Gasteiger partial charge in [0.05, 0.1) is 0 Å². The smallest absolute Gasteiger partial charge is 0.303 e. The van der Waals surface area contributed by atoms with Crippen molar-refractivity contribution in [1.29, 1.82) is 0 Å². The van der Waals surface area contributed by atoms with E-state index < -0.39 is 12.1 Å². The highest BCUT2D eigenvalue weighted by Gasteiger charge is 2.38. The third-order valence-corrected chi connectivity index (χ3v) is 1.70. The number of hydrogen-bond donors (Lipinski definition) is 1. The van der Waals surface area contributed by atoms with Crippen molar-refractivity contribution in [2.75, 3.05) is 5.32 Å². The number of amides is 1. The third kappa shape index (κ3) is 2.99. The van der Waals surface area contributed by atoms with E-state index >= 15 is 0 Å². The Hall–Kier alpha value is -1.11. The summed E-state index contributed by atoms with van der Waals surface area (Å²) in [6.07, 6.45) is -3.61. The lowest BCUT2D eigenvalue weighted by molar-refractivity contribution is -0.167. The minimum Gasteiger partial charge on any atom is -0.303 e. The molecule has 0 aliphatic heterocycles. The van der Waals surface area contributed by atoms with Crippen molar-refractivity contribution in [3.63, 3.8) is 0 Å². The van der Waals surface area contributed by atoms with E-state index in [1.54, 1.807) is 5.32 Å². The second-order valence-corrected chi connectivity index (χ2v) is 3.23. The van der Waals surface area contributed by atoms with Crippen LogP contribution in [0.3, 0.4) is 0 Å². The number of carbonyl (C=O) groups excluding carboxylic acids is 1. The summed E-state index contributed by atoms with van der Waals surface area (Å²) in [4.78, 5) is 14.0. The quantitative estimate of drug-likeness (QED) is 0.850. The highest BCUT2D eigenvalue weighted by Crippen LogP contribution is 2.17. The van der Waals surface area contributed by atoms with Crippen molar-refractivity contribution in [2.45, 2.75) is 6.18 Å². The molecule has 1 aromatic rings. The van der Waals surface area contributed by atoms with Gasteiger partial charge in [-0.25, -0.2) is 4.98 Å². The van der Waals surface area contributed by atoms with E-state index in [0.29, 0.717) is 4.47 Å². The number of alkyl halides is 3. The van der Waals surface area contributed by atoms with E-state index in [2.05, 4.69) is 20.9 Å². The monoisotopic (exact) mass is 268 g/mol. The number of nitrogens with zero attached hydrogens (tertiary/aromatic N) is 1. The van der Waals surface area contributed by atoms with E-state index in [1.165, 1.54) is 18.3 Å². The fourth-order valence-electron chi connectivity index (χ4n) is 0.637. The number of rotatable bonds is 1. The van der Waals surface area contributed by atoms with Crippen LogP contribution in [0.5, 0.6) is 0 Å². The molecule has 0 unspecified atom stereocenters. The molecule has 0 radical (unpaired) electrons. The lowest BCUT2D eigenvalue weighted by Crippen LogP contribution is -2.30. The fraction of sp³-hybridized carbons (Fsp3) is 0.143. The van der Waals surface area contributed by atoms with Gasteiger partial charge in [-0.15, -0.1) is 0 Å². The zero-order valence-corrected chi connectivity index (χ0v) is 8.19. The van der Waals surface area contributed by atoms with Gasteiger partial charge in [0.15, 0.2) is 0 Å². The van der Waals surface area contributed by atoms with Gasteiger partial charge in [-0.2, -0.15) is 13.2 Å². The van der Waals surface area contributed by atoms with E-state index in [9.17, 15) is 18.0 Å². The van der Waals surface area contributed by atoms with Crippen molar-refractivity contribution in [3.05, 3.63) is 22.8 Å². The van der Waals surface area contributed by atoms with Crippen molar-refractivity contribution in [3.8, 4) is 0 Å². The summed E-state index contributed by atoms with van der Waals surface area (Å²) in [7, 11) is 0. The maximum atomic E-state index is 11.8. The second-order valence-electron chi connectivity index (χ2n) is 2.31. The van der Waals surface area contributed by atoms with Crippen LogP contribution in [-0.4, -0.2) is 17.1 Å². The third-order valence-electron chi connectivity index (χ3n) is 1.23. The zero-order chi connectivity index (χ0) is 10.8. The molecule has 0 aliphatic rings. The van der Waals surface area contributed by atoms with Crippen LogP contribution in [0.4, 0.5) is 19.0 Å². The number of hydrogen-bond acceptors (Lipinski definition) is 2. The second kappa shape index (κ2) is 3.95. The Balaban J connectivity index is 2.71. The van der Waals surface area contributed by atoms with E-state index in [4.69, 9.17) is 0 Å². The van der Waals surface area contributed by atoms with Gasteiger partial charge in [-0.3, -0.25) is 4.79 Å². The maximum absolute atomic E-state index is 11.8. The first kappa shape index (κ1) is 11.0. The molecule has 0 aromatic carbocycles. The van der Waals surface area contributed by atoms with Gasteiger partial charge >= 0.3 is 12.1 Å². The Morgan fingerprint density at radius 1 is 1.43 bits per heavy atom. The van der Waals surface area contributed by atoms with Crippen molar-refractivity contribution in [2.24, 2.45) is 0 Å². The van der Waals surface area contributed by atoms with Gasteiger partial charge in [0.25, 0.3) is 0 Å². The molecule has 3 nitrogen and oxygen atoms in total. The van der Waals surface area contributed by atoms with Gasteiger partial charge in [-0.05, 0) is 28.1 Å². The molecular formula is C7H4BrF3N2O. The normalized spacial score (nSPS) is 11.1. The minimum absolute atomic E-state index is 0.143. The molecule has 1 N–H and O–H groups in total. The number of nitrogens with one attached hydrogen (secondary N) is 1. The number of aromatic nitrogens is 1. The molecule has 0 bridgehead atoms. The Morgan fingerprint density at radius 2 is 2.07 bits per heavy atom. The first-order valence-electron chi connectivity index (χ1n) is 3.39. The van der Waals surface area contributed by atoms with Crippen molar-refractivity contribution in [1.82, 2.24) is 4.98 Å². The van der Waals surface area contributed by atoms with E-state index in [1.807, 2.05) is 0 Å². The van der Waals surface area contributed by atoms with Crippen LogP contribution in [0, 0.1) is 0 Å². The lowest BCUT2D eigenvalue weighted by atomic mass is 10.4. The topological polar surface area (TPSA) is 42.0 Å². The van der Waals surface area contributed by atoms with Crippen molar-refractivity contribution >= 4 is 27.7 Å². The molecule has 0 saturated heterocycles. The molecule has 14 heavy (non-hydrogen) atoms. The number of pyridine rings is 1. The predicted octanol–water partition coefficient (Wildman–Crippen LogP) is 2.34. The summed E-state index contributed by atoms with van der Waals surface area (Å²) >= 11 is 3.05. The van der Waals surface area contributed by atoms with E-state index in [-0.39, 0.29) is 5.82 Å². The first-order valence-corrected chi connectivity index (χ1v) is 4.18. The van der Waals surface area contributed by atoms with Crippen molar-refractivity contribution < 1.29 is 18.0 Å². The molecule has 0 atom stereocenters. The molecule has 1 aromatic heterocycles. The van der Waals surface area contributed by atoms with Crippen LogP contribution in [0.25, 0.3) is 0 Å². The summed E-state index contributed by atoms with van der Waals surface area (Å²) in [5.74, 6) is -2.18. The average Bonchev–Trinajstić information content (AvgIpc) is 2.07. The molecule has 1 amide bonds. The molecular weight excluding hydrogens is 265 g/mol. The summed E-state index contributed by atoms with van der Waals surface area (Å²) in [6, 6.07) is 2.73. The molecule has 0 spiro atoms. The zero-order valence-electron chi connectivity index (χ0n) is 6.60. The summed E-state index contributed by atoms with van der Waals surface area (Å²) < 4.78 is 35.9. The van der Waals surface area contributed by atoms with Crippen LogP contribution < -0.4 is 5.32 Å². The largest absolute Gasteiger partial charge is 0.471 e. The SMILES string of the molecule is O=C(Nc1ccc(Br)cn1)C(F)(F)F. The predicted molar refractivity (Wildman–Crippen MR) is 46.6 cm³/mol. The molecule has 76 valence electrons. The lowest BCUT2D eigenvalue weighted by Gasteiger charge is -2.06. The van der Waals surface area contributed by atoms with Gasteiger partial charge in [0.1, 0.15) is 5.82 Å². The Kier molecular flexibility index (Phi) is 3.10. The van der Waals surface area contributed by atoms with Crippen LogP contribution in [0.2, 0.25) is 0 Å². The average molecular weight is 269 g/mol. The Morgan fingerprint density at radius 3 is 2.50 bits per heavy atom. The van der Waals surface area contributed by atoms with Gasteiger partial charge in [-0.1, -0.05) is 0 Å². The summed E-state index contributed by atoms with van der Waals surface area (Å²) in [6.45, 7) is 0. The first-order chi connectivity index (χ1) is 6.39. The number of carbonyl (C=O) groups is 1. The number of anilines is 1. The highest BCUT2D eigenvalue weighted by molar-refractivity contribution is 9.10. The van der Waals surface area contributed by atoms with Crippen LogP contribution in [-0.2, 0) is 4.79 Å². The molecule has 0 aliphatic carbocycles. The van der Waals surface area contributed by atoms with Crippen LogP contribution >= 0.6 is 15.9 Å². The van der Waals surface area contributed by atoms with Crippen LogP contribution in [0.15, 0.2) is 22.8 Å². The Bertz CT molecular complexity index is 336. The van der Waals surface area contributed by atoms with Gasteiger partial charge < -0.3 is 5.32 Å². The fourth-order valence-corrected chi connectivity index (χ4v) is 0.871. The van der Waals surface area contributed by atoms with Gasteiger partial charge in [0, 0.05) is 10.7 Å². The Labute approximate surface area is 85.5 Å². The maximum Gasteiger partial charge on any atom is 0.471 e. The van der Waals surface area contributed by atoms with Crippen LogP contribution in [0.1, 0.15) is 0 Å². The molecule has 1 heterocycles. The van der Waals surface area contributed by atoms with E-state index in [0.717, 1.165) is 0 Å². The standard InChI is InChI=1S/C7H4BrF3N2O/c8-4-1-2-5(12-3-4)13-6(14)7(9,10)11/h1-3H,(H,12,13,14). The molecule has 1 rings (SSSR count). The molecule has 0 saturated carbocycles. The summed E-state index contributed by atoms with van der Waals surface area (Å²) in [5, 5.41) is 1.61.